The summed E-state index contributed by atoms with van der Waals surface area (Å²) in [6.07, 6.45) is 7.65. The Kier molecular flexibility index (Phi) is 10.0. The van der Waals surface area contributed by atoms with Gasteiger partial charge in [0.05, 0.1) is 23.3 Å². The zero-order valence-electron chi connectivity index (χ0n) is 31.3. The average Bonchev–Trinajstić information content (AvgIpc) is 4.06. The second-order valence-corrected chi connectivity index (χ2v) is 17.6. The molecule has 1 aromatic heterocycles. The summed E-state index contributed by atoms with van der Waals surface area (Å²) in [5.41, 5.74) is 12.0. The second kappa shape index (κ2) is 14.3. The molecule has 1 saturated heterocycles. The van der Waals surface area contributed by atoms with Crippen molar-refractivity contribution in [3.63, 3.8) is 0 Å². The number of nitrogen functional groups attached to an aromatic ring is 1. The van der Waals surface area contributed by atoms with Crippen LogP contribution in [-0.2, 0) is 22.3 Å². The summed E-state index contributed by atoms with van der Waals surface area (Å²) in [5, 5.41) is 15.8. The number of hydrogen-bond acceptors (Lipinski definition) is 9. The van der Waals surface area contributed by atoms with Crippen molar-refractivity contribution in [2.45, 2.75) is 109 Å². The van der Waals surface area contributed by atoms with Gasteiger partial charge in [-0.15, -0.1) is 0 Å². The first-order valence-corrected chi connectivity index (χ1v) is 20.0. The predicted octanol–water partition coefficient (Wildman–Crippen LogP) is 6.02. The largest absolute Gasteiger partial charge is 0.481 e. The lowest BCUT2D eigenvalue weighted by Crippen LogP contribution is -2.36. The van der Waals surface area contributed by atoms with Crippen LogP contribution >= 0.6 is 0 Å². The fraction of sp³-hybridized carbons (Fsp3) is 0.550. The van der Waals surface area contributed by atoms with Crippen LogP contribution in [-0.4, -0.2) is 73.8 Å². The number of likely N-dealkylation sites (tertiary alicyclic amines) is 1. The fourth-order valence-corrected chi connectivity index (χ4v) is 9.29. The Morgan fingerprint density at radius 3 is 2.52 bits per heavy atom. The van der Waals surface area contributed by atoms with Gasteiger partial charge in [-0.3, -0.25) is 4.79 Å². The summed E-state index contributed by atoms with van der Waals surface area (Å²) in [6.45, 7) is 14.5. The van der Waals surface area contributed by atoms with Crippen LogP contribution in [0.15, 0.2) is 41.3 Å². The standard InChI is InChI=1S/C40H55N7O4S/c1-25-9-10-28(34(39(4,5)38(48)49)31-13-14-32(35(41)27(31)3)47(42)30-11-12-30)22-29(25)23-46-24-40(15-16-40)51-37-33(52(46)50)21-26(2)36(44-37)43-17-20-45-18-7-6-8-19-45/h9-10,13-14,21-22,30,34H,6-8,11-12,15-20,23-24,41-42H2,1-5H3,(H,43,44)(H,48,49). The molecular weight excluding hydrogens is 675 g/mol. The van der Waals surface area contributed by atoms with Gasteiger partial charge in [0.15, 0.2) is 0 Å². The third kappa shape index (κ3) is 7.27. The smallest absolute Gasteiger partial charge is 0.310 e. The van der Waals surface area contributed by atoms with E-state index in [-0.39, 0.29) is 6.04 Å². The third-order valence-electron chi connectivity index (χ3n) is 11.7. The van der Waals surface area contributed by atoms with Crippen LogP contribution in [0.4, 0.5) is 17.2 Å². The molecule has 1 spiro atoms. The van der Waals surface area contributed by atoms with Crippen molar-refractivity contribution in [3.05, 3.63) is 69.8 Å². The SMILES string of the molecule is Cc1ccc(C(c2ccc(N(N)C3CC3)c(N)c2C)C(C)(C)C(=O)O)cc1CN1CC2(CC2)Oc2nc(NCCN3CCCCC3)c(C)cc2S1=O. The van der Waals surface area contributed by atoms with E-state index >= 15 is 0 Å². The third-order valence-corrected chi connectivity index (χ3v) is 13.1. The molecule has 280 valence electrons. The number of fused-ring (bicyclic) bond motifs is 1. The van der Waals surface area contributed by atoms with Gasteiger partial charge in [0, 0.05) is 31.6 Å². The van der Waals surface area contributed by atoms with Crippen LogP contribution in [0.2, 0.25) is 0 Å². The predicted molar refractivity (Wildman–Crippen MR) is 207 cm³/mol. The highest BCUT2D eigenvalue weighted by Crippen LogP contribution is 2.48. The van der Waals surface area contributed by atoms with Crippen LogP contribution in [0.5, 0.6) is 5.88 Å². The second-order valence-electron chi connectivity index (χ2n) is 16.1. The number of pyridine rings is 1. The molecule has 4 aliphatic rings. The molecule has 3 aromatic rings. The highest BCUT2D eigenvalue weighted by atomic mass is 32.2. The molecule has 7 rings (SSSR count). The molecule has 0 bridgehead atoms. The maximum Gasteiger partial charge on any atom is 0.310 e. The lowest BCUT2D eigenvalue weighted by atomic mass is 9.69. The van der Waals surface area contributed by atoms with E-state index in [1.807, 2.05) is 55.4 Å². The van der Waals surface area contributed by atoms with E-state index in [2.05, 4.69) is 16.3 Å². The Hall–Kier alpha value is -3.71. The van der Waals surface area contributed by atoms with Crippen molar-refractivity contribution in [1.29, 1.82) is 0 Å². The van der Waals surface area contributed by atoms with Crippen LogP contribution in [0.3, 0.4) is 0 Å². The lowest BCUT2D eigenvalue weighted by Gasteiger charge is -2.34. The van der Waals surface area contributed by atoms with Crippen molar-refractivity contribution < 1.29 is 18.8 Å². The number of aryl methyl sites for hydroxylation is 2. The Morgan fingerprint density at radius 2 is 1.85 bits per heavy atom. The van der Waals surface area contributed by atoms with Gasteiger partial charge in [0.2, 0.25) is 5.88 Å². The number of nitrogens with one attached hydrogen (secondary N) is 1. The van der Waals surface area contributed by atoms with Crippen molar-refractivity contribution in [2.24, 2.45) is 11.3 Å². The van der Waals surface area contributed by atoms with Gasteiger partial charge in [-0.05, 0) is 132 Å². The van der Waals surface area contributed by atoms with Crippen LogP contribution < -0.4 is 26.6 Å². The van der Waals surface area contributed by atoms with Gasteiger partial charge in [0.25, 0.3) is 0 Å². The first kappa shape index (κ1) is 36.6. The van der Waals surface area contributed by atoms with Gasteiger partial charge in [-0.2, -0.15) is 4.98 Å². The minimum absolute atomic E-state index is 0.280. The summed E-state index contributed by atoms with van der Waals surface area (Å²) in [7, 11) is -1.52. The maximum absolute atomic E-state index is 14.4. The Bertz CT molecular complexity index is 1870. The minimum Gasteiger partial charge on any atom is -0.481 e. The Labute approximate surface area is 310 Å². The van der Waals surface area contributed by atoms with E-state index in [4.69, 9.17) is 21.3 Å². The highest BCUT2D eigenvalue weighted by molar-refractivity contribution is 7.82. The molecule has 3 heterocycles. The van der Waals surface area contributed by atoms with Crippen molar-refractivity contribution >= 4 is 34.1 Å². The number of carboxylic acids is 1. The summed E-state index contributed by atoms with van der Waals surface area (Å²) in [6, 6.07) is 12.3. The summed E-state index contributed by atoms with van der Waals surface area (Å²) in [4.78, 5) is 20.9. The number of anilines is 3. The monoisotopic (exact) mass is 729 g/mol. The molecule has 2 aliphatic carbocycles. The highest BCUT2D eigenvalue weighted by Gasteiger charge is 2.51. The molecular formula is C40H55N7O4S. The van der Waals surface area contributed by atoms with Crippen LogP contribution in [0.25, 0.3) is 0 Å². The van der Waals surface area contributed by atoms with E-state index in [1.165, 1.54) is 19.3 Å². The van der Waals surface area contributed by atoms with Gasteiger partial charge in [0.1, 0.15) is 27.3 Å². The number of nitrogens with two attached hydrogens (primary N) is 2. The van der Waals surface area contributed by atoms with Gasteiger partial charge in [-0.25, -0.2) is 14.4 Å². The van der Waals surface area contributed by atoms with Gasteiger partial charge >= 0.3 is 5.97 Å². The number of rotatable bonds is 12. The molecule has 2 atom stereocenters. The van der Waals surface area contributed by atoms with E-state index in [1.54, 1.807) is 18.9 Å². The Balaban J connectivity index is 1.17. The number of ether oxygens (including phenoxy) is 1. The number of aromatic nitrogens is 1. The summed E-state index contributed by atoms with van der Waals surface area (Å²) < 4.78 is 23.0. The zero-order chi connectivity index (χ0) is 36.9. The quantitative estimate of drug-likeness (QED) is 0.0990. The van der Waals surface area contributed by atoms with Crippen LogP contribution in [0, 0.1) is 26.2 Å². The number of piperidine rings is 1. The van der Waals surface area contributed by atoms with Crippen LogP contribution in [0.1, 0.15) is 98.1 Å². The molecule has 11 nitrogen and oxygen atoms in total. The number of carbonyl (C=O) groups is 1. The normalized spacial score (nSPS) is 20.8. The molecule has 2 unspecified atom stereocenters. The zero-order valence-corrected chi connectivity index (χ0v) is 32.2. The average molecular weight is 730 g/mol. The van der Waals surface area contributed by atoms with E-state index in [9.17, 15) is 14.1 Å². The molecule has 12 heteroatoms. The molecule has 2 aromatic carbocycles. The van der Waals surface area contributed by atoms with Crippen molar-refractivity contribution in [2.75, 3.05) is 48.8 Å². The lowest BCUT2D eigenvalue weighted by molar-refractivity contribution is -0.147. The molecule has 0 amide bonds. The maximum atomic E-state index is 14.4. The number of hydrazine groups is 1. The number of nitrogens with zero attached hydrogens (tertiary/aromatic N) is 4. The van der Waals surface area contributed by atoms with Crippen molar-refractivity contribution in [1.82, 2.24) is 14.2 Å². The molecule has 52 heavy (non-hydrogen) atoms. The number of aliphatic carboxylic acids is 1. The van der Waals surface area contributed by atoms with Crippen molar-refractivity contribution in [3.8, 4) is 5.88 Å². The van der Waals surface area contributed by atoms with E-state index in [0.717, 1.165) is 96.7 Å². The van der Waals surface area contributed by atoms with Gasteiger partial charge < -0.3 is 30.8 Å². The molecule has 2 saturated carbocycles. The number of benzene rings is 2. The molecule has 3 fully saturated rings. The molecule has 2 aliphatic heterocycles. The fourth-order valence-electron chi connectivity index (χ4n) is 7.89. The summed E-state index contributed by atoms with van der Waals surface area (Å²) >= 11 is 0. The molecule has 0 radical (unpaired) electrons. The first-order valence-electron chi connectivity index (χ1n) is 18.9. The topological polar surface area (TPSA) is 150 Å². The molecule has 6 N–H and O–H groups in total. The minimum atomic E-state index is -1.52. The number of carboxylic acid groups (broad SMARTS) is 1. The van der Waals surface area contributed by atoms with E-state index < -0.39 is 33.9 Å². The first-order chi connectivity index (χ1) is 24.8. The summed E-state index contributed by atoms with van der Waals surface area (Å²) in [5.74, 6) is 6.24. The Morgan fingerprint density at radius 1 is 1.12 bits per heavy atom. The number of hydrogen-bond donors (Lipinski definition) is 4. The van der Waals surface area contributed by atoms with Gasteiger partial charge in [-0.1, -0.05) is 30.7 Å². The van der Waals surface area contributed by atoms with E-state index in [0.29, 0.717) is 29.6 Å².